The molecule has 0 aliphatic heterocycles. The summed E-state index contributed by atoms with van der Waals surface area (Å²) in [6.45, 7) is 4.19. The van der Waals surface area contributed by atoms with Crippen LogP contribution in [0.4, 0.5) is 0 Å². The average Bonchev–Trinajstić information content (AvgIpc) is 2.28. The molecule has 0 radical (unpaired) electrons. The van der Waals surface area contributed by atoms with Gasteiger partial charge < -0.3 is 10.2 Å². The molecule has 0 spiro atoms. The van der Waals surface area contributed by atoms with Crippen LogP contribution in [0.25, 0.3) is 0 Å². The lowest BCUT2D eigenvalue weighted by molar-refractivity contribution is -0.132. The lowest BCUT2D eigenvalue weighted by atomic mass is 9.62. The maximum absolute atomic E-state index is 10.5. The van der Waals surface area contributed by atoms with Crippen LogP contribution in [0.1, 0.15) is 58.8 Å². The molecule has 2 heteroatoms. The van der Waals surface area contributed by atoms with Crippen LogP contribution in [0.15, 0.2) is 0 Å². The van der Waals surface area contributed by atoms with Crippen molar-refractivity contribution in [2.75, 3.05) is 6.61 Å². The van der Waals surface area contributed by atoms with Crippen LogP contribution < -0.4 is 0 Å². The van der Waals surface area contributed by atoms with Crippen molar-refractivity contribution in [2.24, 2.45) is 5.41 Å². The summed E-state index contributed by atoms with van der Waals surface area (Å²) in [5.41, 5.74) is -0.864. The predicted octanol–water partition coefficient (Wildman–Crippen LogP) is 2.48. The molecule has 14 heavy (non-hydrogen) atoms. The third-order valence-corrected chi connectivity index (χ3v) is 4.27. The molecule has 0 aromatic rings. The van der Waals surface area contributed by atoms with Gasteiger partial charge >= 0.3 is 0 Å². The summed E-state index contributed by atoms with van der Waals surface area (Å²) < 4.78 is 0. The van der Waals surface area contributed by atoms with E-state index in [1.165, 1.54) is 6.42 Å². The van der Waals surface area contributed by atoms with Gasteiger partial charge in [-0.1, -0.05) is 33.1 Å². The van der Waals surface area contributed by atoms with E-state index >= 15 is 0 Å². The first-order valence-corrected chi connectivity index (χ1v) is 5.97. The Labute approximate surface area is 87.3 Å². The van der Waals surface area contributed by atoms with E-state index < -0.39 is 5.60 Å². The Morgan fingerprint density at radius 2 is 1.57 bits per heavy atom. The molecule has 0 heterocycles. The summed E-state index contributed by atoms with van der Waals surface area (Å²) in [4.78, 5) is 0. The van der Waals surface area contributed by atoms with E-state index in [4.69, 9.17) is 0 Å². The average molecular weight is 200 g/mol. The first kappa shape index (κ1) is 12.0. The molecule has 1 aliphatic rings. The molecular weight excluding hydrogens is 176 g/mol. The third kappa shape index (κ3) is 1.82. The fourth-order valence-electron chi connectivity index (χ4n) is 3.00. The summed E-state index contributed by atoms with van der Waals surface area (Å²) in [6, 6.07) is 0. The minimum Gasteiger partial charge on any atom is -0.396 e. The van der Waals surface area contributed by atoms with Gasteiger partial charge in [-0.2, -0.15) is 0 Å². The van der Waals surface area contributed by atoms with Gasteiger partial charge in [-0.25, -0.2) is 0 Å². The van der Waals surface area contributed by atoms with Crippen LogP contribution in [0.5, 0.6) is 0 Å². The third-order valence-electron chi connectivity index (χ3n) is 4.27. The molecular formula is C12H24O2. The lowest BCUT2D eigenvalue weighted by Crippen LogP contribution is -2.51. The van der Waals surface area contributed by atoms with Gasteiger partial charge in [0.1, 0.15) is 0 Å². The van der Waals surface area contributed by atoms with E-state index in [1.807, 2.05) is 13.8 Å². The second-order valence-electron chi connectivity index (χ2n) is 4.74. The molecule has 1 aliphatic carbocycles. The first-order chi connectivity index (χ1) is 6.64. The number of hydrogen-bond acceptors (Lipinski definition) is 2. The Morgan fingerprint density at radius 3 is 1.93 bits per heavy atom. The second kappa shape index (κ2) is 4.63. The summed E-state index contributed by atoms with van der Waals surface area (Å²) in [5, 5.41) is 20.1. The minimum atomic E-state index is -0.651. The zero-order valence-electron chi connectivity index (χ0n) is 9.55. The molecule has 2 nitrogen and oxygen atoms in total. The number of rotatable bonds is 4. The summed E-state index contributed by atoms with van der Waals surface area (Å²) in [6.07, 6.45) is 7.05. The Hall–Kier alpha value is -0.0800. The van der Waals surface area contributed by atoms with Crippen molar-refractivity contribution < 1.29 is 10.2 Å². The topological polar surface area (TPSA) is 40.5 Å². The van der Waals surface area contributed by atoms with E-state index in [0.717, 1.165) is 38.5 Å². The normalized spacial score (nSPS) is 22.3. The number of aliphatic hydroxyl groups is 2. The SMILES string of the molecule is CCC(O)(CC)C1(CO)CCCCC1. The van der Waals surface area contributed by atoms with Crippen molar-refractivity contribution in [1.29, 1.82) is 0 Å². The van der Waals surface area contributed by atoms with Crippen LogP contribution in [0.2, 0.25) is 0 Å². The Balaban J connectivity index is 2.85. The lowest BCUT2D eigenvalue weighted by Gasteiger charge is -2.48. The van der Waals surface area contributed by atoms with Gasteiger partial charge in [0.25, 0.3) is 0 Å². The van der Waals surface area contributed by atoms with E-state index in [0.29, 0.717) is 0 Å². The minimum absolute atomic E-state index is 0.144. The molecule has 0 bridgehead atoms. The predicted molar refractivity (Wildman–Crippen MR) is 58.1 cm³/mol. The monoisotopic (exact) mass is 200 g/mol. The van der Waals surface area contributed by atoms with Gasteiger partial charge in [-0.15, -0.1) is 0 Å². The molecule has 1 saturated carbocycles. The van der Waals surface area contributed by atoms with Crippen LogP contribution in [0, 0.1) is 5.41 Å². The van der Waals surface area contributed by atoms with Crippen molar-refractivity contribution in [2.45, 2.75) is 64.4 Å². The largest absolute Gasteiger partial charge is 0.396 e. The summed E-state index contributed by atoms with van der Waals surface area (Å²) in [5.74, 6) is 0. The van der Waals surface area contributed by atoms with Gasteiger partial charge in [-0.3, -0.25) is 0 Å². The molecule has 0 aromatic heterocycles. The van der Waals surface area contributed by atoms with Crippen molar-refractivity contribution in [3.8, 4) is 0 Å². The zero-order valence-corrected chi connectivity index (χ0v) is 9.55. The Morgan fingerprint density at radius 1 is 1.07 bits per heavy atom. The Bertz CT molecular complexity index is 167. The van der Waals surface area contributed by atoms with E-state index in [2.05, 4.69) is 0 Å². The van der Waals surface area contributed by atoms with Crippen LogP contribution in [-0.2, 0) is 0 Å². The van der Waals surface area contributed by atoms with Crippen LogP contribution in [0.3, 0.4) is 0 Å². The van der Waals surface area contributed by atoms with Gasteiger partial charge in [0.05, 0.1) is 12.2 Å². The van der Waals surface area contributed by atoms with Gasteiger partial charge in [0, 0.05) is 5.41 Å². The fourth-order valence-corrected chi connectivity index (χ4v) is 3.00. The fraction of sp³-hybridized carbons (Fsp3) is 1.00. The highest BCUT2D eigenvalue weighted by Crippen LogP contribution is 2.47. The molecule has 0 amide bonds. The highest BCUT2D eigenvalue weighted by molar-refractivity contribution is 4.98. The molecule has 0 atom stereocenters. The highest BCUT2D eigenvalue weighted by atomic mass is 16.3. The maximum Gasteiger partial charge on any atom is 0.0720 e. The van der Waals surface area contributed by atoms with Gasteiger partial charge in [0.15, 0.2) is 0 Å². The summed E-state index contributed by atoms with van der Waals surface area (Å²) >= 11 is 0. The smallest absolute Gasteiger partial charge is 0.0720 e. The molecule has 2 N–H and O–H groups in total. The molecule has 1 rings (SSSR count). The molecule has 0 unspecified atom stereocenters. The maximum atomic E-state index is 10.5. The first-order valence-electron chi connectivity index (χ1n) is 5.97. The molecule has 84 valence electrons. The van der Waals surface area contributed by atoms with E-state index in [-0.39, 0.29) is 12.0 Å². The highest BCUT2D eigenvalue weighted by Gasteiger charge is 2.47. The van der Waals surface area contributed by atoms with Gasteiger partial charge in [-0.05, 0) is 25.7 Å². The van der Waals surface area contributed by atoms with Crippen molar-refractivity contribution in [3.63, 3.8) is 0 Å². The second-order valence-corrected chi connectivity index (χ2v) is 4.74. The van der Waals surface area contributed by atoms with E-state index in [9.17, 15) is 10.2 Å². The quantitative estimate of drug-likeness (QED) is 0.732. The molecule has 0 saturated heterocycles. The van der Waals surface area contributed by atoms with Crippen molar-refractivity contribution in [3.05, 3.63) is 0 Å². The Kier molecular flexibility index (Phi) is 3.96. The molecule has 0 aromatic carbocycles. The summed E-state index contributed by atoms with van der Waals surface area (Å²) in [7, 11) is 0. The van der Waals surface area contributed by atoms with Gasteiger partial charge in [0.2, 0.25) is 0 Å². The van der Waals surface area contributed by atoms with Crippen LogP contribution in [-0.4, -0.2) is 22.4 Å². The van der Waals surface area contributed by atoms with Crippen LogP contribution >= 0.6 is 0 Å². The van der Waals surface area contributed by atoms with E-state index in [1.54, 1.807) is 0 Å². The van der Waals surface area contributed by atoms with Crippen molar-refractivity contribution in [1.82, 2.24) is 0 Å². The standard InChI is InChI=1S/C12H24O2/c1-3-12(14,4-2)11(10-13)8-6-5-7-9-11/h13-14H,3-10H2,1-2H3. The number of hydrogen-bond donors (Lipinski definition) is 2. The number of aliphatic hydroxyl groups excluding tert-OH is 1. The molecule has 1 fully saturated rings. The zero-order chi connectivity index (χ0) is 10.7. The van der Waals surface area contributed by atoms with Crippen molar-refractivity contribution >= 4 is 0 Å².